The molecule has 5 nitrogen and oxygen atoms in total. The van der Waals surface area contributed by atoms with Crippen molar-refractivity contribution in [1.29, 1.82) is 0 Å². The molecule has 0 saturated carbocycles. The normalized spacial score (nSPS) is 22.5. The van der Waals surface area contributed by atoms with Gasteiger partial charge in [-0.1, -0.05) is 0 Å². The van der Waals surface area contributed by atoms with Crippen LogP contribution in [0.3, 0.4) is 0 Å². The number of nitrogens with zero attached hydrogens (tertiary/aromatic N) is 2. The van der Waals surface area contributed by atoms with Gasteiger partial charge in [-0.3, -0.25) is 4.68 Å². The average Bonchev–Trinajstić information content (AvgIpc) is 2.90. The second kappa shape index (κ2) is 5.43. The number of hydrogen-bond acceptors (Lipinski definition) is 4. The predicted molar refractivity (Wildman–Crippen MR) is 57.9 cm³/mol. The van der Waals surface area contributed by atoms with Crippen LogP contribution in [0.1, 0.15) is 31.1 Å². The van der Waals surface area contributed by atoms with E-state index in [1.54, 1.807) is 10.7 Å². The predicted octanol–water partition coefficient (Wildman–Crippen LogP) is 0.478. The molecular formula is C11H18N2O3. The van der Waals surface area contributed by atoms with Crippen LogP contribution >= 0.6 is 0 Å². The van der Waals surface area contributed by atoms with E-state index in [9.17, 15) is 5.11 Å². The summed E-state index contributed by atoms with van der Waals surface area (Å²) in [5, 5.41) is 22.6. The van der Waals surface area contributed by atoms with Gasteiger partial charge < -0.3 is 14.9 Å². The molecule has 0 bridgehead atoms. The van der Waals surface area contributed by atoms with Gasteiger partial charge in [0.2, 0.25) is 0 Å². The molecule has 1 aromatic rings. The Kier molecular flexibility index (Phi) is 3.93. The molecule has 1 aliphatic rings. The van der Waals surface area contributed by atoms with Crippen molar-refractivity contribution in [2.45, 2.75) is 38.0 Å². The van der Waals surface area contributed by atoms with E-state index >= 15 is 0 Å². The van der Waals surface area contributed by atoms with Gasteiger partial charge in [-0.15, -0.1) is 0 Å². The molecule has 2 heterocycles. The van der Waals surface area contributed by atoms with Gasteiger partial charge in [-0.2, -0.15) is 5.10 Å². The highest BCUT2D eigenvalue weighted by Crippen LogP contribution is 2.16. The fraction of sp³-hybridized carbons (Fsp3) is 0.727. The first-order chi connectivity index (χ1) is 7.79. The Bertz CT molecular complexity index is 321. The van der Waals surface area contributed by atoms with E-state index in [1.807, 2.05) is 6.20 Å². The van der Waals surface area contributed by atoms with Crippen molar-refractivity contribution in [3.63, 3.8) is 0 Å². The van der Waals surface area contributed by atoms with Crippen LogP contribution in [0.5, 0.6) is 0 Å². The molecule has 5 heteroatoms. The largest absolute Gasteiger partial charge is 0.396 e. The van der Waals surface area contributed by atoms with Crippen molar-refractivity contribution in [1.82, 2.24) is 9.78 Å². The molecule has 1 fully saturated rings. The zero-order valence-corrected chi connectivity index (χ0v) is 9.25. The van der Waals surface area contributed by atoms with E-state index in [-0.39, 0.29) is 12.7 Å². The lowest BCUT2D eigenvalue weighted by Crippen LogP contribution is -2.15. The summed E-state index contributed by atoms with van der Waals surface area (Å²) in [6, 6.07) is 1.79. The van der Waals surface area contributed by atoms with E-state index in [4.69, 9.17) is 9.84 Å². The Morgan fingerprint density at radius 1 is 1.62 bits per heavy atom. The lowest BCUT2D eigenvalue weighted by atomic mass is 10.2. The van der Waals surface area contributed by atoms with Gasteiger partial charge in [0.05, 0.1) is 24.4 Å². The van der Waals surface area contributed by atoms with Crippen molar-refractivity contribution in [2.24, 2.45) is 0 Å². The van der Waals surface area contributed by atoms with Gasteiger partial charge in [-0.05, 0) is 18.9 Å². The Labute approximate surface area is 94.7 Å². The second-order valence-electron chi connectivity index (χ2n) is 4.13. The van der Waals surface area contributed by atoms with Crippen LogP contribution in [-0.2, 0) is 11.3 Å². The van der Waals surface area contributed by atoms with Crippen LogP contribution in [0.4, 0.5) is 0 Å². The summed E-state index contributed by atoms with van der Waals surface area (Å²) < 4.78 is 7.31. The maximum atomic E-state index is 9.63. The number of aliphatic hydroxyl groups excluding tert-OH is 2. The van der Waals surface area contributed by atoms with E-state index < -0.39 is 6.10 Å². The summed E-state index contributed by atoms with van der Waals surface area (Å²) in [7, 11) is 0. The van der Waals surface area contributed by atoms with E-state index in [2.05, 4.69) is 5.10 Å². The summed E-state index contributed by atoms with van der Waals surface area (Å²) in [4.78, 5) is 0. The van der Waals surface area contributed by atoms with Crippen LogP contribution in [0.25, 0.3) is 0 Å². The topological polar surface area (TPSA) is 67.5 Å². The third-order valence-corrected chi connectivity index (χ3v) is 2.82. The van der Waals surface area contributed by atoms with Crippen LogP contribution in [0, 0.1) is 0 Å². The fourth-order valence-corrected chi connectivity index (χ4v) is 1.92. The van der Waals surface area contributed by atoms with Gasteiger partial charge in [0.25, 0.3) is 0 Å². The minimum atomic E-state index is -0.671. The second-order valence-corrected chi connectivity index (χ2v) is 4.13. The van der Waals surface area contributed by atoms with Crippen LogP contribution in [0.2, 0.25) is 0 Å². The summed E-state index contributed by atoms with van der Waals surface area (Å²) >= 11 is 0. The standard InChI is InChI=1S/C11H18N2O3/c14-6-4-11(15)10-3-5-13(12-10)8-9-2-1-7-16-9/h3,5,9,11,14-15H,1-2,4,6-8H2/t9-,11-/m1/s1. The van der Waals surface area contributed by atoms with Crippen LogP contribution < -0.4 is 0 Å². The van der Waals surface area contributed by atoms with Gasteiger partial charge >= 0.3 is 0 Å². The molecule has 0 radical (unpaired) electrons. The summed E-state index contributed by atoms with van der Waals surface area (Å²) in [5.74, 6) is 0. The maximum Gasteiger partial charge on any atom is 0.1000 e. The molecule has 0 aromatic carbocycles. The number of ether oxygens (including phenoxy) is 1. The van der Waals surface area contributed by atoms with Gasteiger partial charge in [0, 0.05) is 25.8 Å². The molecule has 0 amide bonds. The summed E-state index contributed by atoms with van der Waals surface area (Å²) in [6.45, 7) is 1.55. The van der Waals surface area contributed by atoms with E-state index in [0.29, 0.717) is 12.1 Å². The highest BCUT2D eigenvalue weighted by molar-refractivity contribution is 5.02. The molecule has 16 heavy (non-hydrogen) atoms. The average molecular weight is 226 g/mol. The van der Waals surface area contributed by atoms with E-state index in [1.165, 1.54) is 0 Å². The van der Waals surface area contributed by atoms with Crippen LogP contribution in [-0.4, -0.2) is 39.3 Å². The lowest BCUT2D eigenvalue weighted by molar-refractivity contribution is 0.0926. The molecule has 1 saturated heterocycles. The maximum absolute atomic E-state index is 9.63. The first-order valence-corrected chi connectivity index (χ1v) is 5.73. The van der Waals surface area contributed by atoms with E-state index in [0.717, 1.165) is 26.0 Å². The van der Waals surface area contributed by atoms with Crippen molar-refractivity contribution in [3.05, 3.63) is 18.0 Å². The number of rotatable bonds is 5. The van der Waals surface area contributed by atoms with Crippen molar-refractivity contribution in [3.8, 4) is 0 Å². The molecule has 2 atom stereocenters. The van der Waals surface area contributed by atoms with Crippen molar-refractivity contribution < 1.29 is 14.9 Å². The Morgan fingerprint density at radius 2 is 2.50 bits per heavy atom. The minimum absolute atomic E-state index is 0.0280. The Hall–Kier alpha value is -0.910. The third-order valence-electron chi connectivity index (χ3n) is 2.82. The summed E-state index contributed by atoms with van der Waals surface area (Å²) in [5.41, 5.74) is 0.618. The SMILES string of the molecule is OCC[C@@H](O)c1ccn(C[C@H]2CCCO2)n1. The number of hydrogen-bond donors (Lipinski definition) is 2. The molecule has 90 valence electrons. The van der Waals surface area contributed by atoms with Gasteiger partial charge in [0.1, 0.15) is 0 Å². The van der Waals surface area contributed by atoms with Crippen molar-refractivity contribution >= 4 is 0 Å². The number of aromatic nitrogens is 2. The number of aliphatic hydroxyl groups is 2. The minimum Gasteiger partial charge on any atom is -0.396 e. The monoisotopic (exact) mass is 226 g/mol. The molecular weight excluding hydrogens is 208 g/mol. The summed E-state index contributed by atoms with van der Waals surface area (Å²) in [6.07, 6.45) is 3.95. The molecule has 1 aliphatic heterocycles. The highest BCUT2D eigenvalue weighted by atomic mass is 16.5. The van der Waals surface area contributed by atoms with Crippen LogP contribution in [0.15, 0.2) is 12.3 Å². The Morgan fingerprint density at radius 3 is 3.19 bits per heavy atom. The lowest BCUT2D eigenvalue weighted by Gasteiger charge is -2.09. The molecule has 2 N–H and O–H groups in total. The smallest absolute Gasteiger partial charge is 0.1000 e. The van der Waals surface area contributed by atoms with Crippen molar-refractivity contribution in [2.75, 3.05) is 13.2 Å². The molecule has 1 aromatic heterocycles. The third kappa shape index (κ3) is 2.81. The molecule has 0 unspecified atom stereocenters. The first kappa shape index (κ1) is 11.6. The quantitative estimate of drug-likeness (QED) is 0.766. The molecule has 2 rings (SSSR count). The molecule has 0 aliphatic carbocycles. The van der Waals surface area contributed by atoms with Gasteiger partial charge in [-0.25, -0.2) is 0 Å². The first-order valence-electron chi connectivity index (χ1n) is 5.73. The zero-order valence-electron chi connectivity index (χ0n) is 9.25. The zero-order chi connectivity index (χ0) is 11.4. The molecule has 0 spiro atoms. The Balaban J connectivity index is 1.90. The highest BCUT2D eigenvalue weighted by Gasteiger charge is 2.17. The fourth-order valence-electron chi connectivity index (χ4n) is 1.92. The van der Waals surface area contributed by atoms with Gasteiger partial charge in [0.15, 0.2) is 0 Å².